The van der Waals surface area contributed by atoms with Crippen LogP contribution in [0.1, 0.15) is 10.4 Å². The van der Waals surface area contributed by atoms with E-state index in [4.69, 9.17) is 0 Å². The number of methoxy groups -OCH3 is 1. The molecule has 86 valence electrons. The number of benzene rings is 1. The van der Waals surface area contributed by atoms with Gasteiger partial charge in [-0.25, -0.2) is 4.79 Å². The molecule has 1 unspecified atom stereocenters. The van der Waals surface area contributed by atoms with Gasteiger partial charge in [-0.15, -0.1) is 0 Å². The molecule has 0 aromatic heterocycles. The van der Waals surface area contributed by atoms with Crippen molar-refractivity contribution < 1.29 is 14.3 Å². The van der Waals surface area contributed by atoms with Gasteiger partial charge in [-0.2, -0.15) is 0 Å². The molecule has 1 amide bonds. The van der Waals surface area contributed by atoms with Gasteiger partial charge in [-0.1, -0.05) is 40.8 Å². The summed E-state index contributed by atoms with van der Waals surface area (Å²) < 4.78 is 5.06. The maximum absolute atomic E-state index is 11.7. The number of carbonyl (C=O) groups excluding carboxylic acids is 2. The first-order valence-corrected chi connectivity index (χ1v) is 6.21. The molecule has 4 nitrogen and oxygen atoms in total. The summed E-state index contributed by atoms with van der Waals surface area (Å²) in [4.78, 5) is 23.0. The fourth-order valence-electron chi connectivity index (χ4n) is 1.13. The molecule has 16 heavy (non-hydrogen) atoms. The average Bonchev–Trinajstić information content (AvgIpc) is 2.35. The average molecular weight is 333 g/mol. The molecule has 0 aliphatic carbocycles. The zero-order valence-corrected chi connectivity index (χ0v) is 10.9. The minimum atomic E-state index is -0.599. The lowest BCUT2D eigenvalue weighted by atomic mass is 10.2. The standard InChI is InChI=1S/C11H12INO3/c1-16-11(15)9(7-12)13-10(14)8-5-3-2-4-6-8/h2-6,9H,7H2,1H3,(H,13,14). The van der Waals surface area contributed by atoms with Crippen LogP contribution in [0, 0.1) is 0 Å². The number of halogens is 1. The zero-order chi connectivity index (χ0) is 12.0. The molecule has 0 aliphatic heterocycles. The fraction of sp³-hybridized carbons (Fsp3) is 0.273. The third kappa shape index (κ3) is 3.48. The third-order valence-electron chi connectivity index (χ3n) is 1.98. The lowest BCUT2D eigenvalue weighted by Gasteiger charge is -2.13. The van der Waals surface area contributed by atoms with Crippen molar-refractivity contribution in [2.45, 2.75) is 6.04 Å². The van der Waals surface area contributed by atoms with Crippen LogP contribution in [-0.2, 0) is 9.53 Å². The molecule has 0 fully saturated rings. The van der Waals surface area contributed by atoms with Gasteiger partial charge in [-0.3, -0.25) is 4.79 Å². The van der Waals surface area contributed by atoms with Crippen LogP contribution >= 0.6 is 22.6 Å². The number of carbonyl (C=O) groups is 2. The van der Waals surface area contributed by atoms with Crippen LogP contribution in [0.4, 0.5) is 0 Å². The van der Waals surface area contributed by atoms with E-state index in [1.165, 1.54) is 7.11 Å². The van der Waals surface area contributed by atoms with E-state index in [0.717, 1.165) is 0 Å². The molecule has 0 aliphatic rings. The summed E-state index contributed by atoms with van der Waals surface area (Å²) in [6.45, 7) is 0. The van der Waals surface area contributed by atoms with Gasteiger partial charge in [0.15, 0.2) is 0 Å². The van der Waals surface area contributed by atoms with E-state index in [1.807, 2.05) is 28.7 Å². The Kier molecular flexibility index (Phi) is 5.24. The summed E-state index contributed by atoms with van der Waals surface area (Å²) in [5.74, 6) is -0.702. The van der Waals surface area contributed by atoms with Gasteiger partial charge < -0.3 is 10.1 Å². The molecule has 1 atom stereocenters. The van der Waals surface area contributed by atoms with Gasteiger partial charge in [0.25, 0.3) is 5.91 Å². The Hall–Kier alpha value is -1.11. The molecule has 0 saturated carbocycles. The largest absolute Gasteiger partial charge is 0.467 e. The Morgan fingerprint density at radius 1 is 1.38 bits per heavy atom. The zero-order valence-electron chi connectivity index (χ0n) is 8.77. The highest BCUT2D eigenvalue weighted by atomic mass is 127. The minimum Gasteiger partial charge on any atom is -0.467 e. The van der Waals surface area contributed by atoms with Crippen molar-refractivity contribution >= 4 is 34.5 Å². The fourth-order valence-corrected chi connectivity index (χ4v) is 1.71. The summed E-state index contributed by atoms with van der Waals surface area (Å²) in [5.41, 5.74) is 0.529. The number of ether oxygens (including phenoxy) is 1. The number of nitrogens with one attached hydrogen (secondary N) is 1. The number of amides is 1. The summed E-state index contributed by atoms with van der Waals surface area (Å²) in [6, 6.07) is 8.15. The molecule has 0 saturated heterocycles. The predicted molar refractivity (Wildman–Crippen MR) is 68.6 cm³/mol. The third-order valence-corrected chi connectivity index (χ3v) is 2.86. The summed E-state index contributed by atoms with van der Waals surface area (Å²) in [7, 11) is 1.30. The van der Waals surface area contributed by atoms with Crippen molar-refractivity contribution in [3.05, 3.63) is 35.9 Å². The van der Waals surface area contributed by atoms with Crippen molar-refractivity contribution in [2.75, 3.05) is 11.5 Å². The molecular formula is C11H12INO3. The highest BCUT2D eigenvalue weighted by Gasteiger charge is 2.20. The second-order valence-electron chi connectivity index (χ2n) is 3.07. The van der Waals surface area contributed by atoms with E-state index in [-0.39, 0.29) is 5.91 Å². The number of alkyl halides is 1. The van der Waals surface area contributed by atoms with Crippen LogP contribution in [0.2, 0.25) is 0 Å². The van der Waals surface area contributed by atoms with Crippen molar-refractivity contribution in [3.8, 4) is 0 Å². The van der Waals surface area contributed by atoms with Crippen LogP contribution in [0.25, 0.3) is 0 Å². The Balaban J connectivity index is 2.66. The van der Waals surface area contributed by atoms with Crippen molar-refractivity contribution in [1.82, 2.24) is 5.32 Å². The van der Waals surface area contributed by atoms with E-state index in [1.54, 1.807) is 24.3 Å². The molecule has 0 bridgehead atoms. The van der Waals surface area contributed by atoms with Crippen molar-refractivity contribution in [1.29, 1.82) is 0 Å². The lowest BCUT2D eigenvalue weighted by molar-refractivity contribution is -0.142. The number of esters is 1. The first-order valence-electron chi connectivity index (χ1n) is 4.68. The van der Waals surface area contributed by atoms with E-state index < -0.39 is 12.0 Å². The first-order chi connectivity index (χ1) is 7.69. The van der Waals surface area contributed by atoms with Crippen LogP contribution in [0.15, 0.2) is 30.3 Å². The quantitative estimate of drug-likeness (QED) is 0.515. The van der Waals surface area contributed by atoms with E-state index in [0.29, 0.717) is 9.99 Å². The normalized spacial score (nSPS) is 11.6. The maximum atomic E-state index is 11.7. The van der Waals surface area contributed by atoms with E-state index >= 15 is 0 Å². The molecule has 1 rings (SSSR count). The van der Waals surface area contributed by atoms with Crippen LogP contribution in [0.5, 0.6) is 0 Å². The van der Waals surface area contributed by atoms with Crippen molar-refractivity contribution in [3.63, 3.8) is 0 Å². The monoisotopic (exact) mass is 333 g/mol. The summed E-state index contributed by atoms with van der Waals surface area (Å²) in [5, 5.41) is 2.61. The Morgan fingerprint density at radius 3 is 2.50 bits per heavy atom. The summed E-state index contributed by atoms with van der Waals surface area (Å²) in [6.07, 6.45) is 0. The molecule has 0 spiro atoms. The van der Waals surface area contributed by atoms with Gasteiger partial charge in [0.2, 0.25) is 0 Å². The van der Waals surface area contributed by atoms with E-state index in [2.05, 4.69) is 10.1 Å². The van der Waals surface area contributed by atoms with Gasteiger partial charge >= 0.3 is 5.97 Å². The first kappa shape index (κ1) is 13.0. The van der Waals surface area contributed by atoms with E-state index in [9.17, 15) is 9.59 Å². The molecule has 0 radical (unpaired) electrons. The number of rotatable bonds is 4. The minimum absolute atomic E-state index is 0.271. The van der Waals surface area contributed by atoms with Gasteiger partial charge in [0, 0.05) is 9.99 Å². The van der Waals surface area contributed by atoms with Crippen LogP contribution < -0.4 is 5.32 Å². The molecule has 1 aromatic rings. The Labute approximate surface area is 108 Å². The highest BCUT2D eigenvalue weighted by molar-refractivity contribution is 14.1. The Morgan fingerprint density at radius 2 is 2.00 bits per heavy atom. The SMILES string of the molecule is COC(=O)C(CI)NC(=O)c1ccccc1. The van der Waals surface area contributed by atoms with Crippen molar-refractivity contribution in [2.24, 2.45) is 0 Å². The highest BCUT2D eigenvalue weighted by Crippen LogP contribution is 2.01. The van der Waals surface area contributed by atoms with Gasteiger partial charge in [0.1, 0.15) is 6.04 Å². The second kappa shape index (κ2) is 6.47. The lowest BCUT2D eigenvalue weighted by Crippen LogP contribution is -2.42. The van der Waals surface area contributed by atoms with Crippen LogP contribution in [-0.4, -0.2) is 29.5 Å². The van der Waals surface area contributed by atoms with Crippen LogP contribution in [0.3, 0.4) is 0 Å². The maximum Gasteiger partial charge on any atom is 0.329 e. The topological polar surface area (TPSA) is 55.4 Å². The second-order valence-corrected chi connectivity index (χ2v) is 3.95. The molecule has 5 heteroatoms. The van der Waals surface area contributed by atoms with Gasteiger partial charge in [0.05, 0.1) is 7.11 Å². The molecular weight excluding hydrogens is 321 g/mol. The molecule has 0 heterocycles. The van der Waals surface area contributed by atoms with Gasteiger partial charge in [-0.05, 0) is 12.1 Å². The predicted octanol–water partition coefficient (Wildman–Crippen LogP) is 1.39. The number of hydrogen-bond donors (Lipinski definition) is 1. The summed E-state index contributed by atoms with van der Waals surface area (Å²) >= 11 is 2.03. The Bertz CT molecular complexity index is 367. The molecule has 1 aromatic carbocycles. The number of hydrogen-bond acceptors (Lipinski definition) is 3. The smallest absolute Gasteiger partial charge is 0.329 e. The molecule has 1 N–H and O–H groups in total.